The minimum atomic E-state index is -3.71. The zero-order valence-electron chi connectivity index (χ0n) is 16.9. The Morgan fingerprint density at radius 1 is 1.13 bits per heavy atom. The van der Waals surface area contributed by atoms with Crippen LogP contribution < -0.4 is 4.90 Å². The van der Waals surface area contributed by atoms with Crippen molar-refractivity contribution in [2.24, 2.45) is 0 Å². The normalized spacial score (nSPS) is 11.5. The molecule has 0 N–H and O–H groups in total. The van der Waals surface area contributed by atoms with E-state index in [1.54, 1.807) is 6.07 Å². The number of sulfone groups is 1. The first-order chi connectivity index (χ1) is 14.2. The van der Waals surface area contributed by atoms with Crippen LogP contribution in [0.4, 0.5) is 9.52 Å². The highest BCUT2D eigenvalue weighted by Gasteiger charge is 2.23. The Morgan fingerprint density at radius 3 is 2.42 bits per heavy atom. The SMILES string of the molecule is CN(C)CCN(C(=O)CCS(=O)(=O)c1ccc(F)cc1)c1nc2c(Cl)cccc2s1.Cl. The fourth-order valence-corrected chi connectivity index (χ4v) is 5.30. The van der Waals surface area contributed by atoms with Gasteiger partial charge in [0.05, 0.1) is 20.4 Å². The smallest absolute Gasteiger partial charge is 0.229 e. The van der Waals surface area contributed by atoms with Gasteiger partial charge in [0.15, 0.2) is 15.0 Å². The predicted molar refractivity (Wildman–Crippen MR) is 126 cm³/mol. The minimum Gasteiger partial charge on any atom is -0.308 e. The highest BCUT2D eigenvalue weighted by molar-refractivity contribution is 7.91. The Balaban J connectivity index is 0.00000341. The van der Waals surface area contributed by atoms with Gasteiger partial charge in [0, 0.05) is 19.5 Å². The molecule has 0 saturated carbocycles. The van der Waals surface area contributed by atoms with Crippen molar-refractivity contribution >= 4 is 66.4 Å². The number of thiazole rings is 1. The lowest BCUT2D eigenvalue weighted by Gasteiger charge is -2.22. The maximum Gasteiger partial charge on any atom is 0.229 e. The number of hydrogen-bond acceptors (Lipinski definition) is 6. The van der Waals surface area contributed by atoms with Crippen LogP contribution in [0, 0.1) is 5.82 Å². The van der Waals surface area contributed by atoms with Gasteiger partial charge in [-0.3, -0.25) is 9.69 Å². The highest BCUT2D eigenvalue weighted by atomic mass is 35.5. The number of aromatic nitrogens is 1. The molecule has 3 rings (SSSR count). The molecule has 0 aliphatic carbocycles. The molecule has 0 saturated heterocycles. The van der Waals surface area contributed by atoms with Crippen LogP contribution in [0.2, 0.25) is 5.02 Å². The summed E-state index contributed by atoms with van der Waals surface area (Å²) in [5, 5.41) is 0.970. The zero-order valence-corrected chi connectivity index (χ0v) is 20.1. The van der Waals surface area contributed by atoms with Crippen molar-refractivity contribution in [1.29, 1.82) is 0 Å². The predicted octanol–water partition coefficient (Wildman–Crippen LogP) is 4.27. The van der Waals surface area contributed by atoms with Gasteiger partial charge < -0.3 is 4.90 Å². The van der Waals surface area contributed by atoms with E-state index in [9.17, 15) is 17.6 Å². The van der Waals surface area contributed by atoms with Gasteiger partial charge in [-0.2, -0.15) is 0 Å². The van der Waals surface area contributed by atoms with E-state index in [0.29, 0.717) is 28.8 Å². The fourth-order valence-electron chi connectivity index (χ4n) is 2.76. The van der Waals surface area contributed by atoms with Crippen LogP contribution in [-0.4, -0.2) is 57.1 Å². The van der Waals surface area contributed by atoms with E-state index in [1.807, 2.05) is 31.1 Å². The monoisotopic (exact) mass is 505 g/mol. The average Bonchev–Trinajstić information content (AvgIpc) is 3.12. The van der Waals surface area contributed by atoms with Gasteiger partial charge in [-0.25, -0.2) is 17.8 Å². The van der Waals surface area contributed by atoms with Crippen LogP contribution >= 0.6 is 35.3 Å². The van der Waals surface area contributed by atoms with E-state index in [-0.39, 0.29) is 35.4 Å². The Hall–Kier alpha value is -1.78. The number of carbonyl (C=O) groups excluding carboxylic acids is 1. The molecule has 1 heterocycles. The number of nitrogens with zero attached hydrogens (tertiary/aromatic N) is 3. The first-order valence-corrected chi connectivity index (χ1v) is 12.0. The van der Waals surface area contributed by atoms with Gasteiger partial charge in [-0.05, 0) is 50.5 Å². The molecule has 2 aromatic carbocycles. The second-order valence-electron chi connectivity index (χ2n) is 6.95. The summed E-state index contributed by atoms with van der Waals surface area (Å²) in [7, 11) is 0.0584. The average molecular weight is 506 g/mol. The Bertz CT molecular complexity index is 1150. The molecule has 0 fully saturated rings. The number of fused-ring (bicyclic) bond motifs is 1. The van der Waals surface area contributed by atoms with Gasteiger partial charge >= 0.3 is 0 Å². The first-order valence-electron chi connectivity index (χ1n) is 9.16. The second-order valence-corrected chi connectivity index (χ2v) is 10.5. The molecule has 0 aliphatic heterocycles. The Morgan fingerprint density at radius 2 is 1.81 bits per heavy atom. The molecule has 0 bridgehead atoms. The molecule has 6 nitrogen and oxygen atoms in total. The molecule has 0 atom stereocenters. The lowest BCUT2D eigenvalue weighted by Crippen LogP contribution is -2.37. The van der Waals surface area contributed by atoms with Crippen molar-refractivity contribution in [3.05, 3.63) is 53.3 Å². The van der Waals surface area contributed by atoms with Gasteiger partial charge in [0.2, 0.25) is 5.91 Å². The molecular weight excluding hydrogens is 484 g/mol. The number of halogens is 3. The van der Waals surface area contributed by atoms with Crippen molar-refractivity contribution in [2.75, 3.05) is 37.8 Å². The number of anilines is 1. The third kappa shape index (κ3) is 6.36. The molecule has 3 aromatic rings. The number of rotatable bonds is 8. The summed E-state index contributed by atoms with van der Waals surface area (Å²) in [5.41, 5.74) is 0.612. The first kappa shape index (κ1) is 25.5. The summed E-state index contributed by atoms with van der Waals surface area (Å²) in [6.07, 6.45) is -0.212. The number of carbonyl (C=O) groups is 1. The standard InChI is InChI=1S/C20H21ClFN3O3S2.ClH/c1-24(2)11-12-25(20-23-19-16(21)4-3-5-17(19)29-20)18(26)10-13-30(27,28)15-8-6-14(22)7-9-15;/h3-9H,10-13H2,1-2H3;1H. The Kier molecular flexibility index (Phi) is 8.79. The summed E-state index contributed by atoms with van der Waals surface area (Å²) < 4.78 is 39.0. The topological polar surface area (TPSA) is 70.6 Å². The summed E-state index contributed by atoms with van der Waals surface area (Å²) >= 11 is 7.54. The molecule has 0 spiro atoms. The molecule has 168 valence electrons. The summed E-state index contributed by atoms with van der Waals surface area (Å²) in [5.74, 6) is -1.24. The summed E-state index contributed by atoms with van der Waals surface area (Å²) in [6.45, 7) is 0.944. The van der Waals surface area contributed by atoms with Gasteiger partial charge in [0.25, 0.3) is 0 Å². The van der Waals surface area contributed by atoms with E-state index in [1.165, 1.54) is 28.4 Å². The maximum atomic E-state index is 13.1. The quantitative estimate of drug-likeness (QED) is 0.427. The third-order valence-electron chi connectivity index (χ3n) is 4.42. The van der Waals surface area contributed by atoms with Crippen LogP contribution in [0.5, 0.6) is 0 Å². The number of amides is 1. The Labute approximate surface area is 196 Å². The van der Waals surface area contributed by atoms with Gasteiger partial charge in [-0.1, -0.05) is 29.0 Å². The van der Waals surface area contributed by atoms with E-state index in [4.69, 9.17) is 11.6 Å². The van der Waals surface area contributed by atoms with Crippen LogP contribution in [0.1, 0.15) is 6.42 Å². The molecule has 0 aliphatic rings. The van der Waals surface area contributed by atoms with Crippen molar-refractivity contribution in [3.63, 3.8) is 0 Å². The van der Waals surface area contributed by atoms with Crippen molar-refractivity contribution in [1.82, 2.24) is 9.88 Å². The van der Waals surface area contributed by atoms with E-state index in [0.717, 1.165) is 16.8 Å². The molecule has 11 heteroatoms. The molecule has 0 radical (unpaired) electrons. The lowest BCUT2D eigenvalue weighted by atomic mass is 10.3. The van der Waals surface area contributed by atoms with Crippen molar-refractivity contribution in [2.45, 2.75) is 11.3 Å². The molecule has 1 aromatic heterocycles. The molecule has 0 unspecified atom stereocenters. The van der Waals surface area contributed by atoms with E-state index < -0.39 is 15.7 Å². The van der Waals surface area contributed by atoms with E-state index in [2.05, 4.69) is 4.98 Å². The lowest BCUT2D eigenvalue weighted by molar-refractivity contribution is -0.118. The zero-order chi connectivity index (χ0) is 21.9. The summed E-state index contributed by atoms with van der Waals surface area (Å²) in [6, 6.07) is 9.99. The van der Waals surface area contributed by atoms with E-state index >= 15 is 0 Å². The fraction of sp³-hybridized carbons (Fsp3) is 0.300. The summed E-state index contributed by atoms with van der Waals surface area (Å²) in [4.78, 5) is 20.9. The number of benzene rings is 2. The van der Waals surface area contributed by atoms with Crippen molar-refractivity contribution in [3.8, 4) is 0 Å². The molecular formula is C20H22Cl2FN3O3S2. The van der Waals surface area contributed by atoms with Crippen LogP contribution in [0.25, 0.3) is 10.2 Å². The second kappa shape index (κ2) is 10.7. The molecule has 1 amide bonds. The van der Waals surface area contributed by atoms with Crippen LogP contribution in [-0.2, 0) is 14.6 Å². The number of hydrogen-bond donors (Lipinski definition) is 0. The van der Waals surface area contributed by atoms with Gasteiger partial charge in [-0.15, -0.1) is 12.4 Å². The highest BCUT2D eigenvalue weighted by Crippen LogP contribution is 2.33. The van der Waals surface area contributed by atoms with Crippen molar-refractivity contribution < 1.29 is 17.6 Å². The number of para-hydroxylation sites is 1. The van der Waals surface area contributed by atoms with Crippen LogP contribution in [0.3, 0.4) is 0 Å². The maximum absolute atomic E-state index is 13.1. The number of likely N-dealkylation sites (N-methyl/N-ethyl adjacent to an activating group) is 1. The van der Waals surface area contributed by atoms with Gasteiger partial charge in [0.1, 0.15) is 11.3 Å². The largest absolute Gasteiger partial charge is 0.308 e. The minimum absolute atomic E-state index is 0. The van der Waals surface area contributed by atoms with Crippen LogP contribution in [0.15, 0.2) is 47.4 Å². The third-order valence-corrected chi connectivity index (χ3v) is 7.50. The molecule has 31 heavy (non-hydrogen) atoms.